The maximum atomic E-state index is 2.28. The molecular formula is C10H19LiS. The van der Waals surface area contributed by atoms with Crippen LogP contribution in [-0.2, 0) is 0 Å². The molecule has 66 valence electrons. The second-order valence-corrected chi connectivity index (χ2v) is 5.25. The predicted molar refractivity (Wildman–Crippen MR) is 59.1 cm³/mol. The van der Waals surface area contributed by atoms with Crippen molar-refractivity contribution < 1.29 is 0 Å². The first-order chi connectivity index (χ1) is 5.93. The van der Waals surface area contributed by atoms with Crippen LogP contribution in [0, 0.1) is 0 Å². The van der Waals surface area contributed by atoms with Crippen LogP contribution in [0.15, 0.2) is 0 Å². The van der Waals surface area contributed by atoms with Crippen LogP contribution in [0.25, 0.3) is 0 Å². The van der Waals surface area contributed by atoms with E-state index >= 15 is 0 Å². The molecule has 12 heavy (non-hydrogen) atoms. The van der Waals surface area contributed by atoms with Gasteiger partial charge in [0.2, 0.25) is 0 Å². The molecule has 0 heterocycles. The summed E-state index contributed by atoms with van der Waals surface area (Å²) in [7, 11) is 0. The van der Waals surface area contributed by atoms with Gasteiger partial charge in [0.1, 0.15) is 0 Å². The van der Waals surface area contributed by atoms with Crippen LogP contribution < -0.4 is 0 Å². The quantitative estimate of drug-likeness (QED) is 0.459. The van der Waals surface area contributed by atoms with Gasteiger partial charge in [-0.05, 0) is 0 Å². The Morgan fingerprint density at radius 3 is 2.50 bits per heavy atom. The molecule has 1 aliphatic carbocycles. The number of hydrogen-bond donors (Lipinski definition) is 0. The summed E-state index contributed by atoms with van der Waals surface area (Å²) in [4.78, 5) is 0. The number of unbranched alkanes of at least 4 members (excludes halogenated alkanes) is 1. The van der Waals surface area contributed by atoms with Crippen molar-refractivity contribution >= 4 is 29.5 Å². The molecule has 1 saturated carbocycles. The zero-order valence-corrected chi connectivity index (χ0v) is 9.17. The third-order valence-corrected chi connectivity index (χ3v) is 4.12. The normalized spacial score (nSPS) is 19.8. The molecule has 1 aliphatic rings. The molecule has 0 saturated heterocycles. The molecular weight excluding hydrogens is 159 g/mol. The average molecular weight is 178 g/mol. The van der Waals surface area contributed by atoms with E-state index in [9.17, 15) is 0 Å². The van der Waals surface area contributed by atoms with Crippen LogP contribution in [0.2, 0.25) is 5.09 Å². The van der Waals surface area contributed by atoms with Gasteiger partial charge in [0, 0.05) is 0 Å². The number of rotatable bonds is 5. The van der Waals surface area contributed by atoms with Crippen LogP contribution in [0.1, 0.15) is 44.9 Å². The van der Waals surface area contributed by atoms with Crippen LogP contribution in [0.3, 0.4) is 0 Å². The van der Waals surface area contributed by atoms with Gasteiger partial charge in [-0.15, -0.1) is 0 Å². The summed E-state index contributed by atoms with van der Waals surface area (Å²) in [6.45, 7) is 0. The SMILES string of the molecule is [Li][CH2]CCCSC1CCCCC1. The van der Waals surface area contributed by atoms with Gasteiger partial charge in [0.15, 0.2) is 0 Å². The zero-order chi connectivity index (χ0) is 8.65. The molecule has 1 fully saturated rings. The van der Waals surface area contributed by atoms with Crippen molar-refractivity contribution in [3.05, 3.63) is 0 Å². The van der Waals surface area contributed by atoms with Gasteiger partial charge in [0.05, 0.1) is 0 Å². The van der Waals surface area contributed by atoms with E-state index < -0.39 is 0 Å². The van der Waals surface area contributed by atoms with E-state index in [1.54, 1.807) is 0 Å². The second-order valence-electron chi connectivity index (χ2n) is 3.84. The Labute approximate surface area is 90.5 Å². The Morgan fingerprint density at radius 1 is 1.08 bits per heavy atom. The summed E-state index contributed by atoms with van der Waals surface area (Å²) in [5.41, 5.74) is 0. The first kappa shape index (κ1) is 11.0. The van der Waals surface area contributed by atoms with Crippen LogP contribution in [0.4, 0.5) is 0 Å². The summed E-state index contributed by atoms with van der Waals surface area (Å²) in [6.07, 6.45) is 10.3. The summed E-state index contributed by atoms with van der Waals surface area (Å²) in [5.74, 6) is 1.42. The van der Waals surface area contributed by atoms with Crippen molar-refractivity contribution in [2.45, 2.75) is 55.3 Å². The van der Waals surface area contributed by atoms with E-state index in [0.29, 0.717) is 0 Å². The standard InChI is InChI=1S/C10H19S.Li/c1-2-3-9-11-10-7-5-4-6-8-10;/h10H,1-9H2;. The van der Waals surface area contributed by atoms with E-state index in [4.69, 9.17) is 0 Å². The van der Waals surface area contributed by atoms with Crippen LogP contribution in [0.5, 0.6) is 0 Å². The van der Waals surface area contributed by atoms with Crippen molar-refractivity contribution in [2.24, 2.45) is 0 Å². The van der Waals surface area contributed by atoms with Crippen molar-refractivity contribution in [2.75, 3.05) is 5.75 Å². The summed E-state index contributed by atoms with van der Waals surface area (Å²) in [5, 5.41) is 2.39. The van der Waals surface area contributed by atoms with Gasteiger partial charge < -0.3 is 0 Å². The van der Waals surface area contributed by atoms with Crippen molar-refractivity contribution in [3.63, 3.8) is 0 Å². The molecule has 0 unspecified atom stereocenters. The minimum absolute atomic E-state index is 1.02. The summed E-state index contributed by atoms with van der Waals surface area (Å²) >= 11 is 4.52. The van der Waals surface area contributed by atoms with Gasteiger partial charge >= 0.3 is 90.5 Å². The predicted octanol–water partition coefficient (Wildman–Crippen LogP) is 3.42. The van der Waals surface area contributed by atoms with Gasteiger partial charge in [-0.25, -0.2) is 0 Å². The molecule has 0 nitrogen and oxygen atoms in total. The molecule has 1 rings (SSSR count). The fourth-order valence-corrected chi connectivity index (χ4v) is 3.20. The van der Waals surface area contributed by atoms with E-state index in [1.165, 1.54) is 55.8 Å². The first-order valence-electron chi connectivity index (χ1n) is 5.55. The fourth-order valence-electron chi connectivity index (χ4n) is 1.83. The molecule has 2 heteroatoms. The molecule has 0 aromatic heterocycles. The molecule has 0 radical (unpaired) electrons. The summed E-state index contributed by atoms with van der Waals surface area (Å²) < 4.78 is 0. The molecule has 0 aliphatic heterocycles. The Morgan fingerprint density at radius 2 is 1.83 bits per heavy atom. The number of hydrogen-bond acceptors (Lipinski definition) is 1. The Hall–Kier alpha value is 0.947. The summed E-state index contributed by atoms with van der Waals surface area (Å²) in [6, 6.07) is 0. The van der Waals surface area contributed by atoms with Crippen molar-refractivity contribution in [1.29, 1.82) is 0 Å². The first-order valence-corrected chi connectivity index (χ1v) is 6.60. The van der Waals surface area contributed by atoms with E-state index in [0.717, 1.165) is 5.25 Å². The van der Waals surface area contributed by atoms with Crippen LogP contribution in [-0.4, -0.2) is 28.7 Å². The Kier molecular flexibility index (Phi) is 6.76. The third kappa shape index (κ3) is 4.85. The van der Waals surface area contributed by atoms with E-state index in [-0.39, 0.29) is 0 Å². The number of thioether (sulfide) groups is 1. The molecule has 0 spiro atoms. The molecule has 0 amide bonds. The fraction of sp³-hybridized carbons (Fsp3) is 1.00. The monoisotopic (exact) mass is 178 g/mol. The maximum absolute atomic E-state index is 2.28. The molecule has 0 bridgehead atoms. The van der Waals surface area contributed by atoms with Crippen molar-refractivity contribution in [3.8, 4) is 0 Å². The van der Waals surface area contributed by atoms with E-state index in [1.807, 2.05) is 0 Å². The van der Waals surface area contributed by atoms with Gasteiger partial charge in [-0.1, -0.05) is 0 Å². The Bertz CT molecular complexity index is 100. The van der Waals surface area contributed by atoms with Gasteiger partial charge in [-0.2, -0.15) is 0 Å². The molecule has 0 atom stereocenters. The van der Waals surface area contributed by atoms with Crippen LogP contribution >= 0.6 is 11.8 Å². The average Bonchev–Trinajstić information content (AvgIpc) is 2.14. The topological polar surface area (TPSA) is 0 Å². The van der Waals surface area contributed by atoms with E-state index in [2.05, 4.69) is 29.5 Å². The minimum atomic E-state index is 1.02. The zero-order valence-electron chi connectivity index (χ0n) is 8.35. The Balaban J connectivity index is 1.91. The van der Waals surface area contributed by atoms with Crippen molar-refractivity contribution in [1.82, 2.24) is 0 Å². The molecule has 0 N–H and O–H groups in total. The molecule has 0 aromatic carbocycles. The second kappa shape index (κ2) is 7.36. The van der Waals surface area contributed by atoms with Gasteiger partial charge in [0.25, 0.3) is 0 Å². The van der Waals surface area contributed by atoms with Gasteiger partial charge in [-0.3, -0.25) is 0 Å². The third-order valence-electron chi connectivity index (χ3n) is 2.65. The molecule has 0 aromatic rings.